The van der Waals surface area contributed by atoms with Crippen molar-refractivity contribution >= 4 is 5.97 Å². The molecular weight excluding hydrogens is 268 g/mol. The zero-order valence-corrected chi connectivity index (χ0v) is 11.6. The molecule has 0 radical (unpaired) electrons. The minimum Gasteiger partial charge on any atom is -0.459 e. The molecule has 21 heavy (non-hydrogen) atoms. The van der Waals surface area contributed by atoms with Crippen LogP contribution in [0.3, 0.4) is 0 Å². The van der Waals surface area contributed by atoms with Crippen LogP contribution in [-0.4, -0.2) is 35.5 Å². The first-order chi connectivity index (χ1) is 10.2. The molecule has 0 saturated carbocycles. The lowest BCUT2D eigenvalue weighted by Gasteiger charge is -2.10. The molecule has 0 aliphatic heterocycles. The molecule has 0 aliphatic rings. The van der Waals surface area contributed by atoms with E-state index in [9.17, 15) is 9.90 Å². The van der Waals surface area contributed by atoms with Crippen molar-refractivity contribution in [3.8, 4) is 11.1 Å². The van der Waals surface area contributed by atoms with Crippen molar-refractivity contribution < 1.29 is 19.7 Å². The van der Waals surface area contributed by atoms with Gasteiger partial charge in [-0.3, -0.25) is 0 Å². The smallest absolute Gasteiger partial charge is 0.338 e. The average molecular weight is 286 g/mol. The summed E-state index contributed by atoms with van der Waals surface area (Å²) >= 11 is 0. The Morgan fingerprint density at radius 2 is 1.62 bits per heavy atom. The van der Waals surface area contributed by atoms with Gasteiger partial charge in [0.2, 0.25) is 0 Å². The number of benzene rings is 2. The second kappa shape index (κ2) is 7.57. The van der Waals surface area contributed by atoms with Crippen LogP contribution in [0.1, 0.15) is 16.8 Å². The monoisotopic (exact) mass is 286 g/mol. The fourth-order valence-corrected chi connectivity index (χ4v) is 1.92. The Bertz CT molecular complexity index is 563. The molecule has 2 rings (SSSR count). The van der Waals surface area contributed by atoms with Gasteiger partial charge in [-0.15, -0.1) is 0 Å². The Hall–Kier alpha value is -2.17. The van der Waals surface area contributed by atoms with E-state index in [0.717, 1.165) is 11.1 Å². The van der Waals surface area contributed by atoms with Gasteiger partial charge < -0.3 is 14.9 Å². The SMILES string of the molecule is O=C(OC[C@@H](O)CCO)c1ccc(-c2ccccc2)cc1. The Kier molecular flexibility index (Phi) is 5.49. The van der Waals surface area contributed by atoms with Crippen molar-refractivity contribution in [3.63, 3.8) is 0 Å². The third-order valence-electron chi connectivity index (χ3n) is 3.10. The van der Waals surface area contributed by atoms with Crippen LogP contribution in [0.2, 0.25) is 0 Å². The summed E-state index contributed by atoms with van der Waals surface area (Å²) in [6.45, 7) is -0.246. The van der Waals surface area contributed by atoms with E-state index < -0.39 is 12.1 Å². The van der Waals surface area contributed by atoms with Gasteiger partial charge in [-0.1, -0.05) is 42.5 Å². The van der Waals surface area contributed by atoms with Crippen LogP contribution in [-0.2, 0) is 4.74 Å². The third-order valence-corrected chi connectivity index (χ3v) is 3.10. The molecule has 2 aromatic rings. The van der Waals surface area contributed by atoms with Gasteiger partial charge in [0.1, 0.15) is 6.61 Å². The summed E-state index contributed by atoms with van der Waals surface area (Å²) in [5.41, 5.74) is 2.54. The fourth-order valence-electron chi connectivity index (χ4n) is 1.92. The van der Waals surface area contributed by atoms with Gasteiger partial charge in [0.05, 0.1) is 11.7 Å². The van der Waals surface area contributed by atoms with Gasteiger partial charge in [-0.2, -0.15) is 0 Å². The van der Waals surface area contributed by atoms with E-state index in [2.05, 4.69) is 0 Å². The first kappa shape index (κ1) is 15.2. The summed E-state index contributed by atoms with van der Waals surface area (Å²) in [5, 5.41) is 18.1. The highest BCUT2D eigenvalue weighted by Gasteiger charge is 2.10. The molecule has 0 spiro atoms. The molecule has 0 saturated heterocycles. The van der Waals surface area contributed by atoms with E-state index >= 15 is 0 Å². The lowest BCUT2D eigenvalue weighted by atomic mass is 10.0. The van der Waals surface area contributed by atoms with Crippen LogP contribution in [0.15, 0.2) is 54.6 Å². The first-order valence-corrected chi connectivity index (χ1v) is 6.82. The molecule has 0 fully saturated rings. The first-order valence-electron chi connectivity index (χ1n) is 6.82. The summed E-state index contributed by atoms with van der Waals surface area (Å²) in [5.74, 6) is -0.480. The second-order valence-electron chi connectivity index (χ2n) is 4.71. The average Bonchev–Trinajstić information content (AvgIpc) is 2.54. The molecule has 4 heteroatoms. The fraction of sp³-hybridized carbons (Fsp3) is 0.235. The molecule has 0 amide bonds. The molecule has 0 heterocycles. The lowest BCUT2D eigenvalue weighted by Crippen LogP contribution is -2.19. The van der Waals surface area contributed by atoms with E-state index in [4.69, 9.17) is 9.84 Å². The molecule has 0 unspecified atom stereocenters. The zero-order chi connectivity index (χ0) is 15.1. The zero-order valence-electron chi connectivity index (χ0n) is 11.6. The number of esters is 1. The lowest BCUT2D eigenvalue weighted by molar-refractivity contribution is 0.0197. The number of aliphatic hydroxyl groups is 2. The molecule has 0 aromatic heterocycles. The van der Waals surface area contributed by atoms with Crippen molar-refractivity contribution in [2.75, 3.05) is 13.2 Å². The maximum atomic E-state index is 11.8. The number of rotatable bonds is 6. The Morgan fingerprint density at radius 1 is 1.00 bits per heavy atom. The highest BCUT2D eigenvalue weighted by molar-refractivity contribution is 5.90. The minimum absolute atomic E-state index is 0.111. The van der Waals surface area contributed by atoms with Crippen LogP contribution in [0.4, 0.5) is 0 Å². The standard InChI is InChI=1S/C17H18O4/c18-11-10-16(19)12-21-17(20)15-8-6-14(7-9-15)13-4-2-1-3-5-13/h1-9,16,18-19H,10-12H2/t16-/m0/s1. The van der Waals surface area contributed by atoms with Crippen LogP contribution >= 0.6 is 0 Å². The molecule has 0 bridgehead atoms. The summed E-state index contributed by atoms with van der Waals surface area (Å²) < 4.78 is 4.99. The molecule has 0 aliphatic carbocycles. The largest absolute Gasteiger partial charge is 0.459 e. The maximum Gasteiger partial charge on any atom is 0.338 e. The summed E-state index contributed by atoms with van der Waals surface area (Å²) in [6, 6.07) is 17.0. The number of carbonyl (C=O) groups is 1. The minimum atomic E-state index is -0.831. The second-order valence-corrected chi connectivity index (χ2v) is 4.71. The quantitative estimate of drug-likeness (QED) is 0.799. The van der Waals surface area contributed by atoms with Gasteiger partial charge in [-0.05, 0) is 29.7 Å². The van der Waals surface area contributed by atoms with Crippen molar-refractivity contribution in [1.29, 1.82) is 0 Å². The number of hydrogen-bond acceptors (Lipinski definition) is 4. The number of carbonyl (C=O) groups excluding carboxylic acids is 1. The van der Waals surface area contributed by atoms with E-state index in [1.807, 2.05) is 42.5 Å². The van der Waals surface area contributed by atoms with Crippen molar-refractivity contribution in [1.82, 2.24) is 0 Å². The molecule has 2 N–H and O–H groups in total. The number of aliphatic hydroxyl groups excluding tert-OH is 2. The van der Waals surface area contributed by atoms with Crippen LogP contribution in [0.5, 0.6) is 0 Å². The summed E-state index contributed by atoms with van der Waals surface area (Å²) in [7, 11) is 0. The normalized spacial score (nSPS) is 11.9. The van der Waals surface area contributed by atoms with E-state index in [1.165, 1.54) is 0 Å². The van der Waals surface area contributed by atoms with Gasteiger partial charge in [0, 0.05) is 6.61 Å². The predicted molar refractivity (Wildman–Crippen MR) is 79.9 cm³/mol. The van der Waals surface area contributed by atoms with E-state index in [1.54, 1.807) is 12.1 Å². The van der Waals surface area contributed by atoms with Crippen molar-refractivity contribution in [3.05, 3.63) is 60.2 Å². The highest BCUT2D eigenvalue weighted by atomic mass is 16.5. The Labute approximate surface area is 123 Å². The topological polar surface area (TPSA) is 66.8 Å². The van der Waals surface area contributed by atoms with Crippen LogP contribution < -0.4 is 0 Å². The van der Waals surface area contributed by atoms with Gasteiger partial charge in [-0.25, -0.2) is 4.79 Å². The van der Waals surface area contributed by atoms with Crippen molar-refractivity contribution in [2.45, 2.75) is 12.5 Å². The van der Waals surface area contributed by atoms with Crippen LogP contribution in [0, 0.1) is 0 Å². The molecule has 1 atom stereocenters. The molecule has 4 nitrogen and oxygen atoms in total. The molecule has 110 valence electrons. The van der Waals surface area contributed by atoms with Gasteiger partial charge >= 0.3 is 5.97 Å². The maximum absolute atomic E-state index is 11.8. The Balaban J connectivity index is 1.97. The molecule has 2 aromatic carbocycles. The number of hydrogen-bond donors (Lipinski definition) is 2. The Morgan fingerprint density at radius 3 is 2.24 bits per heavy atom. The van der Waals surface area contributed by atoms with Crippen LogP contribution in [0.25, 0.3) is 11.1 Å². The van der Waals surface area contributed by atoms with Crippen molar-refractivity contribution in [2.24, 2.45) is 0 Å². The summed E-state index contributed by atoms with van der Waals surface area (Å²) in [4.78, 5) is 11.8. The van der Waals surface area contributed by atoms with Gasteiger partial charge in [0.25, 0.3) is 0 Å². The molecular formula is C17H18O4. The highest BCUT2D eigenvalue weighted by Crippen LogP contribution is 2.19. The van der Waals surface area contributed by atoms with Gasteiger partial charge in [0.15, 0.2) is 0 Å². The van der Waals surface area contributed by atoms with E-state index in [-0.39, 0.29) is 19.6 Å². The predicted octanol–water partition coefficient (Wildman–Crippen LogP) is 2.25. The number of ether oxygens (including phenoxy) is 1. The third kappa shape index (κ3) is 4.41. The summed E-state index contributed by atoms with van der Waals surface area (Å²) in [6.07, 6.45) is -0.636. The van der Waals surface area contributed by atoms with E-state index in [0.29, 0.717) is 5.56 Å².